The average molecular weight is 310 g/mol. The Kier molecular flexibility index (Phi) is 5.08. The van der Waals surface area contributed by atoms with Crippen molar-refractivity contribution in [1.29, 1.82) is 0 Å². The van der Waals surface area contributed by atoms with Crippen molar-refractivity contribution in [1.82, 2.24) is 9.80 Å². The maximum absolute atomic E-state index is 12.2. The van der Waals surface area contributed by atoms with E-state index in [1.807, 2.05) is 7.05 Å². The summed E-state index contributed by atoms with van der Waals surface area (Å²) in [6, 6.07) is 5.91. The summed E-state index contributed by atoms with van der Waals surface area (Å²) < 4.78 is 12.2. The highest BCUT2D eigenvalue weighted by Crippen LogP contribution is 2.11. The number of aromatic carboxylic acids is 1. The lowest BCUT2D eigenvalue weighted by Crippen LogP contribution is -2.48. The van der Waals surface area contributed by atoms with Gasteiger partial charge in [-0.1, -0.05) is 6.07 Å². The zero-order valence-corrected chi connectivity index (χ0v) is 12.6. The standard InChI is InChI=1S/C14H18N2O4S/c1-15-5-7-16(8-6-15)13(17)10-21(20)12-4-2-3-11(9-12)14(18)19/h2-4,9H,5-8,10H2,1H3,(H,18,19). The number of carboxylic acids is 1. The van der Waals surface area contributed by atoms with Gasteiger partial charge in [0.2, 0.25) is 5.91 Å². The minimum atomic E-state index is -1.52. The highest BCUT2D eigenvalue weighted by molar-refractivity contribution is 7.85. The number of carbonyl (C=O) groups excluding carboxylic acids is 1. The quantitative estimate of drug-likeness (QED) is 0.863. The summed E-state index contributed by atoms with van der Waals surface area (Å²) in [5, 5.41) is 8.92. The van der Waals surface area contributed by atoms with Gasteiger partial charge >= 0.3 is 5.97 Å². The SMILES string of the molecule is CN1CCN(C(=O)CS(=O)c2cccc(C(=O)O)c2)CC1. The van der Waals surface area contributed by atoms with Crippen LogP contribution in [-0.4, -0.2) is 70.0 Å². The zero-order chi connectivity index (χ0) is 15.4. The number of nitrogens with zero attached hydrogens (tertiary/aromatic N) is 2. The second-order valence-corrected chi connectivity index (χ2v) is 6.46. The Morgan fingerprint density at radius 3 is 2.52 bits per heavy atom. The first-order chi connectivity index (χ1) is 9.97. The van der Waals surface area contributed by atoms with Crippen LogP contribution in [0.25, 0.3) is 0 Å². The van der Waals surface area contributed by atoms with Crippen LogP contribution in [0.15, 0.2) is 29.2 Å². The Labute approximate surface area is 125 Å². The smallest absolute Gasteiger partial charge is 0.335 e. The molecule has 1 fully saturated rings. The Hall–Kier alpha value is -1.73. The molecule has 0 bridgehead atoms. The number of carbonyl (C=O) groups is 2. The van der Waals surface area contributed by atoms with Crippen LogP contribution in [-0.2, 0) is 15.6 Å². The number of hydrogen-bond acceptors (Lipinski definition) is 4. The second kappa shape index (κ2) is 6.82. The monoisotopic (exact) mass is 310 g/mol. The number of benzene rings is 1. The molecule has 1 aromatic rings. The topological polar surface area (TPSA) is 77.9 Å². The molecule has 1 aliphatic heterocycles. The van der Waals surface area contributed by atoms with E-state index in [-0.39, 0.29) is 17.2 Å². The molecule has 0 spiro atoms. The number of likely N-dealkylation sites (N-methyl/N-ethyl adjacent to an activating group) is 1. The third-order valence-corrected chi connectivity index (χ3v) is 4.74. The van der Waals surface area contributed by atoms with Crippen LogP contribution >= 0.6 is 0 Å². The van der Waals surface area contributed by atoms with E-state index in [4.69, 9.17) is 5.11 Å². The molecule has 1 aliphatic rings. The molecule has 0 aromatic heterocycles. The minimum absolute atomic E-state index is 0.0768. The summed E-state index contributed by atoms with van der Waals surface area (Å²) in [6.45, 7) is 2.91. The van der Waals surface area contributed by atoms with Gasteiger partial charge in [-0.25, -0.2) is 4.79 Å². The van der Waals surface area contributed by atoms with Crippen LogP contribution in [0.4, 0.5) is 0 Å². The molecule has 0 saturated carbocycles. The summed E-state index contributed by atoms with van der Waals surface area (Å²) in [6.07, 6.45) is 0. The molecule has 1 amide bonds. The summed E-state index contributed by atoms with van der Waals surface area (Å²) in [4.78, 5) is 27.2. The Morgan fingerprint density at radius 2 is 1.90 bits per heavy atom. The summed E-state index contributed by atoms with van der Waals surface area (Å²) in [7, 11) is 0.478. The first-order valence-corrected chi connectivity index (χ1v) is 7.97. The number of rotatable bonds is 4. The van der Waals surface area contributed by atoms with Gasteiger partial charge in [0.15, 0.2) is 0 Å². The van der Waals surface area contributed by atoms with Gasteiger partial charge in [0.1, 0.15) is 5.75 Å². The van der Waals surface area contributed by atoms with E-state index < -0.39 is 16.8 Å². The minimum Gasteiger partial charge on any atom is -0.478 e. The van der Waals surface area contributed by atoms with Gasteiger partial charge in [0.25, 0.3) is 0 Å². The van der Waals surface area contributed by atoms with Crippen molar-refractivity contribution in [3.05, 3.63) is 29.8 Å². The van der Waals surface area contributed by atoms with Crippen LogP contribution in [0, 0.1) is 0 Å². The van der Waals surface area contributed by atoms with E-state index in [1.165, 1.54) is 18.2 Å². The van der Waals surface area contributed by atoms with Gasteiger partial charge in [0, 0.05) is 31.1 Å². The van der Waals surface area contributed by atoms with Crippen LogP contribution in [0.3, 0.4) is 0 Å². The van der Waals surface area contributed by atoms with Crippen molar-refractivity contribution in [3.8, 4) is 0 Å². The molecule has 1 N–H and O–H groups in total. The van der Waals surface area contributed by atoms with Crippen LogP contribution in [0.1, 0.15) is 10.4 Å². The normalized spacial score (nSPS) is 17.5. The fourth-order valence-electron chi connectivity index (χ4n) is 2.11. The molecular weight excluding hydrogens is 292 g/mol. The average Bonchev–Trinajstić information content (AvgIpc) is 2.48. The first-order valence-electron chi connectivity index (χ1n) is 6.65. The van der Waals surface area contributed by atoms with Gasteiger partial charge in [-0.15, -0.1) is 0 Å². The molecule has 0 aliphatic carbocycles. The number of hydrogen-bond donors (Lipinski definition) is 1. The number of amides is 1. The van der Waals surface area contributed by atoms with E-state index in [1.54, 1.807) is 11.0 Å². The summed E-state index contributed by atoms with van der Waals surface area (Å²) in [5.74, 6) is -1.33. The van der Waals surface area contributed by atoms with Crippen molar-refractivity contribution < 1.29 is 18.9 Å². The van der Waals surface area contributed by atoms with Crippen molar-refractivity contribution >= 4 is 22.7 Å². The van der Waals surface area contributed by atoms with E-state index in [0.717, 1.165) is 13.1 Å². The number of piperazine rings is 1. The highest BCUT2D eigenvalue weighted by Gasteiger charge is 2.21. The molecule has 1 heterocycles. The zero-order valence-electron chi connectivity index (χ0n) is 11.8. The van der Waals surface area contributed by atoms with Gasteiger partial charge in [-0.3, -0.25) is 9.00 Å². The molecule has 1 aromatic carbocycles. The maximum Gasteiger partial charge on any atom is 0.335 e. The largest absolute Gasteiger partial charge is 0.478 e. The van der Waals surface area contributed by atoms with Crippen molar-refractivity contribution in [2.75, 3.05) is 39.0 Å². The highest BCUT2D eigenvalue weighted by atomic mass is 32.2. The predicted octanol–water partition coefficient (Wildman–Crippen LogP) is 0.266. The Balaban J connectivity index is 1.99. The van der Waals surface area contributed by atoms with E-state index in [9.17, 15) is 13.8 Å². The van der Waals surface area contributed by atoms with Crippen LogP contribution in [0.5, 0.6) is 0 Å². The van der Waals surface area contributed by atoms with Gasteiger partial charge in [-0.05, 0) is 25.2 Å². The lowest BCUT2D eigenvalue weighted by Gasteiger charge is -2.32. The fraction of sp³-hybridized carbons (Fsp3) is 0.429. The molecule has 6 nitrogen and oxygen atoms in total. The maximum atomic E-state index is 12.2. The molecule has 0 radical (unpaired) electrons. The Morgan fingerprint density at radius 1 is 1.24 bits per heavy atom. The van der Waals surface area contributed by atoms with Crippen molar-refractivity contribution in [2.45, 2.75) is 4.90 Å². The van der Waals surface area contributed by atoms with Gasteiger partial charge in [-0.2, -0.15) is 0 Å². The van der Waals surface area contributed by atoms with Crippen molar-refractivity contribution in [2.24, 2.45) is 0 Å². The molecule has 7 heteroatoms. The third-order valence-electron chi connectivity index (χ3n) is 3.45. The summed E-state index contributed by atoms with van der Waals surface area (Å²) in [5.41, 5.74) is 0.0768. The van der Waals surface area contributed by atoms with E-state index in [0.29, 0.717) is 18.0 Å². The molecule has 2 rings (SSSR count). The molecular formula is C14H18N2O4S. The molecule has 1 unspecified atom stereocenters. The van der Waals surface area contributed by atoms with Gasteiger partial charge in [0.05, 0.1) is 16.4 Å². The molecule has 21 heavy (non-hydrogen) atoms. The van der Waals surface area contributed by atoms with Gasteiger partial charge < -0.3 is 14.9 Å². The lowest BCUT2D eigenvalue weighted by molar-refractivity contribution is -0.129. The predicted molar refractivity (Wildman–Crippen MR) is 78.8 cm³/mol. The Bertz CT molecular complexity index is 568. The van der Waals surface area contributed by atoms with Crippen molar-refractivity contribution in [3.63, 3.8) is 0 Å². The first kappa shape index (κ1) is 15.7. The third kappa shape index (κ3) is 4.12. The molecule has 1 atom stereocenters. The van der Waals surface area contributed by atoms with E-state index >= 15 is 0 Å². The fourth-order valence-corrected chi connectivity index (χ4v) is 3.18. The molecule has 114 valence electrons. The number of carboxylic acid groups (broad SMARTS) is 1. The summed E-state index contributed by atoms with van der Waals surface area (Å²) >= 11 is 0. The van der Waals surface area contributed by atoms with Crippen LogP contribution in [0.2, 0.25) is 0 Å². The van der Waals surface area contributed by atoms with Crippen LogP contribution < -0.4 is 0 Å². The lowest BCUT2D eigenvalue weighted by atomic mass is 10.2. The molecule has 1 saturated heterocycles. The second-order valence-electron chi connectivity index (χ2n) is 5.01. The van der Waals surface area contributed by atoms with E-state index in [2.05, 4.69) is 4.90 Å².